The van der Waals surface area contributed by atoms with Crippen molar-refractivity contribution in [1.82, 2.24) is 15.3 Å². The lowest BCUT2D eigenvalue weighted by Crippen LogP contribution is -2.40. The largest absolute Gasteiger partial charge is 0.368 e. The number of anilines is 2. The molecule has 3 aromatic rings. The maximum atomic E-state index is 6.09. The van der Waals surface area contributed by atoms with Crippen molar-refractivity contribution in [1.29, 1.82) is 0 Å². The zero-order valence-electron chi connectivity index (χ0n) is 14.7. The summed E-state index contributed by atoms with van der Waals surface area (Å²) in [6.45, 7) is 3.17. The van der Waals surface area contributed by atoms with Crippen molar-refractivity contribution in [3.8, 4) is 11.3 Å². The number of hydrogen-bond acceptors (Lipinski definition) is 5. The zero-order valence-corrected chi connectivity index (χ0v) is 14.7. The molecule has 1 aromatic heterocycles. The highest BCUT2D eigenvalue weighted by atomic mass is 15.3. The molecule has 2 aliphatic rings. The van der Waals surface area contributed by atoms with E-state index in [2.05, 4.69) is 68.7 Å². The van der Waals surface area contributed by atoms with Crippen LogP contribution < -0.4 is 16.0 Å². The minimum atomic E-state index is 0.341. The summed E-state index contributed by atoms with van der Waals surface area (Å²) in [6, 6.07) is 17.4. The van der Waals surface area contributed by atoms with Crippen molar-refractivity contribution in [2.45, 2.75) is 18.9 Å². The summed E-state index contributed by atoms with van der Waals surface area (Å²) in [6.07, 6.45) is 2.56. The lowest BCUT2D eigenvalue weighted by atomic mass is 9.94. The molecule has 2 atom stereocenters. The van der Waals surface area contributed by atoms with Gasteiger partial charge in [0, 0.05) is 30.8 Å². The molecule has 0 amide bonds. The van der Waals surface area contributed by atoms with E-state index in [1.165, 1.54) is 23.6 Å². The molecule has 0 spiro atoms. The van der Waals surface area contributed by atoms with Crippen LogP contribution in [0.25, 0.3) is 22.0 Å². The van der Waals surface area contributed by atoms with Gasteiger partial charge in [0.15, 0.2) is 0 Å². The number of nitrogens with one attached hydrogen (secondary N) is 1. The number of nitrogens with zero attached hydrogens (tertiary/aromatic N) is 3. The number of rotatable bonds is 2. The fourth-order valence-corrected chi connectivity index (χ4v) is 4.44. The molecule has 5 rings (SSSR count). The van der Waals surface area contributed by atoms with E-state index in [4.69, 9.17) is 5.73 Å². The molecule has 2 aromatic carbocycles. The fraction of sp³-hybridized carbons (Fsp3) is 0.333. The van der Waals surface area contributed by atoms with E-state index in [1.54, 1.807) is 0 Å². The second-order valence-electron chi connectivity index (χ2n) is 7.36. The number of benzene rings is 2. The Bertz CT molecular complexity index is 935. The van der Waals surface area contributed by atoms with E-state index >= 15 is 0 Å². The van der Waals surface area contributed by atoms with Crippen LogP contribution in [-0.4, -0.2) is 35.6 Å². The minimum absolute atomic E-state index is 0.341. The van der Waals surface area contributed by atoms with Gasteiger partial charge in [0.1, 0.15) is 5.82 Å². The monoisotopic (exact) mass is 345 g/mol. The van der Waals surface area contributed by atoms with Crippen molar-refractivity contribution in [2.24, 2.45) is 5.92 Å². The van der Waals surface area contributed by atoms with E-state index in [1.807, 2.05) is 0 Å². The Hall–Kier alpha value is -2.66. The lowest BCUT2D eigenvalue weighted by molar-refractivity contribution is 0.340. The molecule has 3 N–H and O–H groups in total. The van der Waals surface area contributed by atoms with Crippen molar-refractivity contribution >= 4 is 22.5 Å². The first-order valence-electron chi connectivity index (χ1n) is 9.39. The molecule has 0 aliphatic carbocycles. The molecule has 2 saturated heterocycles. The highest BCUT2D eigenvalue weighted by molar-refractivity contribution is 5.96. The molecule has 5 heteroatoms. The fourth-order valence-electron chi connectivity index (χ4n) is 4.44. The normalized spacial score (nSPS) is 22.5. The van der Waals surface area contributed by atoms with Gasteiger partial charge in [-0.2, -0.15) is 4.98 Å². The van der Waals surface area contributed by atoms with Crippen molar-refractivity contribution in [3.05, 3.63) is 48.5 Å². The number of aromatic nitrogens is 2. The topological polar surface area (TPSA) is 67.1 Å². The van der Waals surface area contributed by atoms with Crippen LogP contribution in [0.3, 0.4) is 0 Å². The van der Waals surface area contributed by atoms with Crippen LogP contribution in [0.4, 0.5) is 11.8 Å². The third-order valence-electron chi connectivity index (χ3n) is 5.72. The molecular weight excluding hydrogens is 322 g/mol. The molecule has 26 heavy (non-hydrogen) atoms. The second-order valence-corrected chi connectivity index (χ2v) is 7.36. The third-order valence-corrected chi connectivity index (χ3v) is 5.72. The van der Waals surface area contributed by atoms with Crippen molar-refractivity contribution in [3.63, 3.8) is 0 Å². The molecule has 2 aliphatic heterocycles. The van der Waals surface area contributed by atoms with Gasteiger partial charge in [-0.1, -0.05) is 42.5 Å². The molecule has 0 saturated carbocycles. The minimum Gasteiger partial charge on any atom is -0.368 e. The predicted molar refractivity (Wildman–Crippen MR) is 106 cm³/mol. The molecule has 5 nitrogen and oxygen atoms in total. The Morgan fingerprint density at radius 3 is 2.85 bits per heavy atom. The van der Waals surface area contributed by atoms with E-state index in [-0.39, 0.29) is 0 Å². The lowest BCUT2D eigenvalue weighted by Gasteiger charge is -2.24. The van der Waals surface area contributed by atoms with Crippen LogP contribution in [0.2, 0.25) is 0 Å². The number of fused-ring (bicyclic) bond motifs is 2. The molecule has 132 valence electrons. The summed E-state index contributed by atoms with van der Waals surface area (Å²) in [7, 11) is 0. The van der Waals surface area contributed by atoms with Gasteiger partial charge in [0.05, 0.1) is 5.69 Å². The quantitative estimate of drug-likeness (QED) is 0.747. The van der Waals surface area contributed by atoms with Gasteiger partial charge in [-0.15, -0.1) is 0 Å². The van der Waals surface area contributed by atoms with E-state index in [9.17, 15) is 0 Å². The Kier molecular flexibility index (Phi) is 3.75. The summed E-state index contributed by atoms with van der Waals surface area (Å²) in [4.78, 5) is 11.4. The molecular formula is C21H23N5. The summed E-state index contributed by atoms with van der Waals surface area (Å²) in [5.74, 6) is 1.99. The Balaban J connectivity index is 1.55. The summed E-state index contributed by atoms with van der Waals surface area (Å²) >= 11 is 0. The highest BCUT2D eigenvalue weighted by Gasteiger charge is 2.35. The van der Waals surface area contributed by atoms with Gasteiger partial charge in [0.25, 0.3) is 0 Å². The first kappa shape index (κ1) is 15.6. The van der Waals surface area contributed by atoms with Crippen LogP contribution >= 0.6 is 0 Å². The van der Waals surface area contributed by atoms with E-state index in [0.29, 0.717) is 17.9 Å². The van der Waals surface area contributed by atoms with Gasteiger partial charge < -0.3 is 16.0 Å². The van der Waals surface area contributed by atoms with Crippen LogP contribution in [-0.2, 0) is 0 Å². The maximum Gasteiger partial charge on any atom is 0.222 e. The summed E-state index contributed by atoms with van der Waals surface area (Å²) in [5.41, 5.74) is 8.09. The van der Waals surface area contributed by atoms with Gasteiger partial charge >= 0.3 is 0 Å². The van der Waals surface area contributed by atoms with E-state index < -0.39 is 0 Å². The van der Waals surface area contributed by atoms with Crippen LogP contribution in [0, 0.1) is 5.92 Å². The third kappa shape index (κ3) is 2.69. The van der Waals surface area contributed by atoms with Gasteiger partial charge in [-0.25, -0.2) is 4.98 Å². The van der Waals surface area contributed by atoms with Crippen LogP contribution in [0.15, 0.2) is 48.5 Å². The molecule has 0 radical (unpaired) electrons. The molecule has 0 bridgehead atoms. The van der Waals surface area contributed by atoms with Crippen molar-refractivity contribution < 1.29 is 0 Å². The van der Waals surface area contributed by atoms with Gasteiger partial charge in [-0.3, -0.25) is 0 Å². The summed E-state index contributed by atoms with van der Waals surface area (Å²) < 4.78 is 0. The average molecular weight is 345 g/mol. The summed E-state index contributed by atoms with van der Waals surface area (Å²) in [5, 5.41) is 6.05. The molecule has 3 heterocycles. The first-order valence-corrected chi connectivity index (χ1v) is 9.39. The Morgan fingerprint density at radius 1 is 1.04 bits per heavy atom. The van der Waals surface area contributed by atoms with Gasteiger partial charge in [0.2, 0.25) is 5.95 Å². The van der Waals surface area contributed by atoms with E-state index in [0.717, 1.165) is 36.7 Å². The van der Waals surface area contributed by atoms with Crippen molar-refractivity contribution in [2.75, 3.05) is 30.3 Å². The predicted octanol–water partition coefficient (Wildman–Crippen LogP) is 3.07. The molecule has 0 unspecified atom stereocenters. The maximum absolute atomic E-state index is 6.09. The second kappa shape index (κ2) is 6.25. The smallest absolute Gasteiger partial charge is 0.222 e. The highest BCUT2D eigenvalue weighted by Crippen LogP contribution is 2.32. The zero-order chi connectivity index (χ0) is 17.5. The van der Waals surface area contributed by atoms with Crippen LogP contribution in [0.5, 0.6) is 0 Å². The molecule has 2 fully saturated rings. The number of piperidine rings is 1. The average Bonchev–Trinajstić information content (AvgIpc) is 3.11. The number of nitrogen functional groups attached to an aromatic ring is 1. The number of hydrogen-bond donors (Lipinski definition) is 2. The Morgan fingerprint density at radius 2 is 1.92 bits per heavy atom. The standard InChI is InChI=1S/C21H23N5/c22-21-24-18(17-9-3-6-14-5-1-2-8-16(14)17)11-20(25-21)26-12-15-7-4-10-23-19(15)13-26/h1-3,5-6,8-9,11,15,19,23H,4,7,10,12-13H2,(H2,22,24,25)/t15-,19+/m1/s1. The SMILES string of the molecule is Nc1nc(-c2cccc3ccccc23)cc(N2C[C@H]3CCCN[C@H]3C2)n1. The van der Waals surface area contributed by atoms with Gasteiger partial charge in [-0.05, 0) is 36.1 Å². The Labute approximate surface area is 153 Å². The first-order chi connectivity index (χ1) is 12.8. The number of nitrogens with two attached hydrogens (primary N) is 1. The van der Waals surface area contributed by atoms with Crippen LogP contribution in [0.1, 0.15) is 12.8 Å².